The Bertz CT molecular complexity index is 1360. The summed E-state index contributed by atoms with van der Waals surface area (Å²) < 4.78 is 0. The molecule has 31 heavy (non-hydrogen) atoms. The number of nitrogens with one attached hydrogen (secondary N) is 1. The van der Waals surface area contributed by atoms with E-state index in [0.29, 0.717) is 0 Å². The summed E-state index contributed by atoms with van der Waals surface area (Å²) in [5.74, 6) is 0.0821. The smallest absolute Gasteiger partial charge is 0.260 e. The van der Waals surface area contributed by atoms with Crippen LogP contribution >= 0.6 is 0 Å². The number of nitrogens with zero attached hydrogens (tertiary/aromatic N) is 1. The second-order valence-electron chi connectivity index (χ2n) is 8.09. The zero-order valence-corrected chi connectivity index (χ0v) is 16.9. The van der Waals surface area contributed by atoms with E-state index >= 15 is 0 Å². The largest absolute Gasteiger partial charge is 0.382 e. The highest BCUT2D eigenvalue weighted by atomic mass is 16.2. The number of amides is 1. The average Bonchev–Trinajstić information content (AvgIpc) is 3.05. The van der Waals surface area contributed by atoms with Crippen molar-refractivity contribution < 1.29 is 4.79 Å². The molecule has 0 saturated heterocycles. The lowest BCUT2D eigenvalue weighted by molar-refractivity contribution is -0.121. The van der Waals surface area contributed by atoms with Gasteiger partial charge in [-0.3, -0.25) is 9.69 Å². The van der Waals surface area contributed by atoms with Crippen LogP contribution in [0.5, 0.6) is 0 Å². The van der Waals surface area contributed by atoms with E-state index in [9.17, 15) is 4.79 Å². The zero-order valence-electron chi connectivity index (χ0n) is 16.9. The van der Waals surface area contributed by atoms with Crippen molar-refractivity contribution in [3.05, 3.63) is 125 Å². The molecule has 3 nitrogen and oxygen atoms in total. The molecule has 0 fully saturated rings. The molecule has 3 atom stereocenters. The maximum absolute atomic E-state index is 13.6. The van der Waals surface area contributed by atoms with Crippen LogP contribution < -0.4 is 15.8 Å². The minimum atomic E-state index is -0.194. The van der Waals surface area contributed by atoms with Crippen molar-refractivity contribution in [2.75, 3.05) is 0 Å². The summed E-state index contributed by atoms with van der Waals surface area (Å²) in [5.41, 5.74) is 4.28. The van der Waals surface area contributed by atoms with Gasteiger partial charge in [0.2, 0.25) is 0 Å². The van der Waals surface area contributed by atoms with Gasteiger partial charge in [0.1, 0.15) is 0 Å². The highest BCUT2D eigenvalue weighted by Crippen LogP contribution is 2.37. The van der Waals surface area contributed by atoms with Gasteiger partial charge in [-0.1, -0.05) is 97.1 Å². The van der Waals surface area contributed by atoms with Crippen LogP contribution in [0.2, 0.25) is 0 Å². The topological polar surface area (TPSA) is 32.3 Å². The fraction of sp³-hybridized carbons (Fsp3) is 0.107. The van der Waals surface area contributed by atoms with Crippen LogP contribution in [0, 0.1) is 0 Å². The number of hydrogen-bond acceptors (Lipinski definition) is 2. The number of rotatable bonds is 1. The molecule has 0 saturated carbocycles. The Morgan fingerprint density at radius 2 is 1.68 bits per heavy atom. The standard InChI is InChI=1S/C28H21N2O/c31-28-17-19-9-1-2-10-20(19)23-13-6-8-16-26(23)30(28)27-18-29-25-15-7-5-12-22(25)21-11-3-4-14-24(21)27/h1-16,18,22,25-26,29H. The van der Waals surface area contributed by atoms with Gasteiger partial charge in [-0.25, -0.2) is 0 Å². The molecule has 2 aromatic carbocycles. The normalized spacial score (nSPS) is 25.2. The van der Waals surface area contributed by atoms with Gasteiger partial charge >= 0.3 is 0 Å². The van der Waals surface area contributed by atoms with Crippen molar-refractivity contribution in [3.63, 3.8) is 0 Å². The van der Waals surface area contributed by atoms with Crippen molar-refractivity contribution in [3.8, 4) is 0 Å². The number of carbonyl (C=O) groups is 1. The van der Waals surface area contributed by atoms with Gasteiger partial charge in [0.05, 0.1) is 23.9 Å². The number of allylic oxidation sites excluding steroid dienone is 4. The van der Waals surface area contributed by atoms with Crippen molar-refractivity contribution in [1.29, 1.82) is 0 Å². The summed E-state index contributed by atoms with van der Waals surface area (Å²) in [6.07, 6.45) is 22.0. The van der Waals surface area contributed by atoms with Gasteiger partial charge < -0.3 is 5.32 Å². The number of hydrogen-bond donors (Lipinski definition) is 1. The predicted molar refractivity (Wildman–Crippen MR) is 124 cm³/mol. The maximum Gasteiger partial charge on any atom is 0.260 e. The van der Waals surface area contributed by atoms with Crippen LogP contribution in [-0.4, -0.2) is 22.9 Å². The minimum absolute atomic E-state index is 0.133. The Hall–Kier alpha value is -3.85. The molecule has 0 aromatic heterocycles. The lowest BCUT2D eigenvalue weighted by Gasteiger charge is -2.32. The molecule has 2 aliphatic carbocycles. The Kier molecular flexibility index (Phi) is 4.13. The monoisotopic (exact) mass is 401 g/mol. The third-order valence-corrected chi connectivity index (χ3v) is 6.38. The van der Waals surface area contributed by atoms with E-state index in [-0.39, 0.29) is 23.9 Å². The molecule has 3 heteroatoms. The fourth-order valence-corrected chi connectivity index (χ4v) is 4.95. The van der Waals surface area contributed by atoms with Gasteiger partial charge in [-0.15, -0.1) is 0 Å². The molecule has 0 spiro atoms. The molecule has 0 bridgehead atoms. The summed E-state index contributed by atoms with van der Waals surface area (Å²) in [6, 6.07) is 16.4. The second-order valence-corrected chi connectivity index (χ2v) is 8.09. The number of benzene rings is 2. The van der Waals surface area contributed by atoms with Crippen molar-refractivity contribution in [2.45, 2.75) is 18.0 Å². The van der Waals surface area contributed by atoms with Gasteiger partial charge in [-0.2, -0.15) is 0 Å². The van der Waals surface area contributed by atoms with Crippen LogP contribution in [-0.2, 0) is 4.79 Å². The molecule has 4 aliphatic rings. The first-order valence-electron chi connectivity index (χ1n) is 10.6. The van der Waals surface area contributed by atoms with Crippen LogP contribution in [0.1, 0.15) is 17.0 Å². The SMILES string of the molecule is O=C1[C]=c2ccccc2=C2C=CC=CC2N1C1=CNC2C=CC=CC2c2ccccc21. The first kappa shape index (κ1) is 18.0. The molecule has 2 aromatic rings. The maximum atomic E-state index is 13.6. The Labute approximate surface area is 181 Å². The van der Waals surface area contributed by atoms with Crippen molar-refractivity contribution >= 4 is 23.3 Å². The quantitative estimate of drug-likeness (QED) is 0.797. The van der Waals surface area contributed by atoms with Gasteiger partial charge in [0.15, 0.2) is 0 Å². The molecule has 6 rings (SSSR count). The van der Waals surface area contributed by atoms with Crippen LogP contribution in [0.15, 0.2) is 103 Å². The average molecular weight is 401 g/mol. The minimum Gasteiger partial charge on any atom is -0.382 e. The fourth-order valence-electron chi connectivity index (χ4n) is 4.95. The first-order chi connectivity index (χ1) is 15.3. The molecular weight excluding hydrogens is 380 g/mol. The lowest BCUT2D eigenvalue weighted by atomic mass is 9.85. The molecule has 1 radical (unpaired) electrons. The predicted octanol–water partition coefficient (Wildman–Crippen LogP) is 3.01. The Morgan fingerprint density at radius 3 is 2.65 bits per heavy atom. The van der Waals surface area contributed by atoms with Crippen molar-refractivity contribution in [1.82, 2.24) is 10.2 Å². The molecule has 1 amide bonds. The van der Waals surface area contributed by atoms with E-state index in [4.69, 9.17) is 0 Å². The van der Waals surface area contributed by atoms with Crippen LogP contribution in [0.3, 0.4) is 0 Å². The van der Waals surface area contributed by atoms with Crippen LogP contribution in [0.4, 0.5) is 0 Å². The second kappa shape index (κ2) is 7.13. The third kappa shape index (κ3) is 2.85. The first-order valence-corrected chi connectivity index (χ1v) is 10.6. The Morgan fingerprint density at radius 1 is 0.871 bits per heavy atom. The summed E-state index contributed by atoms with van der Waals surface area (Å²) in [4.78, 5) is 15.5. The van der Waals surface area contributed by atoms with Crippen molar-refractivity contribution in [2.24, 2.45) is 0 Å². The van der Waals surface area contributed by atoms with Crippen LogP contribution in [0.25, 0.3) is 17.3 Å². The molecular formula is C28H21N2O. The summed E-state index contributed by atoms with van der Waals surface area (Å²) in [5, 5.41) is 5.45. The Balaban J connectivity index is 1.58. The van der Waals surface area contributed by atoms with E-state index in [1.54, 1.807) is 0 Å². The summed E-state index contributed by atoms with van der Waals surface area (Å²) in [7, 11) is 0. The number of carbonyl (C=O) groups excluding carboxylic acids is 1. The summed E-state index contributed by atoms with van der Waals surface area (Å²) in [6.45, 7) is 0. The highest BCUT2D eigenvalue weighted by molar-refractivity contribution is 6.10. The lowest BCUT2D eigenvalue weighted by Crippen LogP contribution is -2.38. The third-order valence-electron chi connectivity index (χ3n) is 6.38. The molecule has 1 N–H and O–H groups in total. The van der Waals surface area contributed by atoms with Gasteiger partial charge in [0.25, 0.3) is 5.91 Å². The van der Waals surface area contributed by atoms with E-state index in [2.05, 4.69) is 72.1 Å². The van der Waals surface area contributed by atoms with Gasteiger partial charge in [-0.05, 0) is 21.6 Å². The highest BCUT2D eigenvalue weighted by Gasteiger charge is 2.34. The van der Waals surface area contributed by atoms with E-state index < -0.39 is 0 Å². The van der Waals surface area contributed by atoms with E-state index in [0.717, 1.165) is 27.3 Å². The van der Waals surface area contributed by atoms with E-state index in [1.807, 2.05) is 47.5 Å². The molecule has 3 unspecified atom stereocenters. The summed E-state index contributed by atoms with van der Waals surface area (Å²) >= 11 is 0. The molecule has 2 heterocycles. The molecule has 2 aliphatic heterocycles. The van der Waals surface area contributed by atoms with E-state index in [1.165, 1.54) is 5.56 Å². The zero-order chi connectivity index (χ0) is 20.8. The number of fused-ring (bicyclic) bond motifs is 5. The van der Waals surface area contributed by atoms with Gasteiger partial charge in [0, 0.05) is 17.7 Å². The molecule has 149 valence electrons.